The first-order valence-corrected chi connectivity index (χ1v) is 27.3. The number of nitriles is 1. The third-order valence-corrected chi connectivity index (χ3v) is 16.8. The number of amides is 4. The van der Waals surface area contributed by atoms with Crippen LogP contribution in [0, 0.1) is 22.2 Å². The van der Waals surface area contributed by atoms with Gasteiger partial charge in [-0.1, -0.05) is 39.3 Å². The first kappa shape index (κ1) is 54.5. The third-order valence-electron chi connectivity index (χ3n) is 16.5. The number of likely N-dealkylation sites (tertiary alicyclic amines) is 1. The van der Waals surface area contributed by atoms with Crippen LogP contribution in [0.25, 0.3) is 11.1 Å². The molecule has 3 fully saturated rings. The Bertz CT molecular complexity index is 3050. The summed E-state index contributed by atoms with van der Waals surface area (Å²) in [5.74, 6) is 1.45. The van der Waals surface area contributed by atoms with Gasteiger partial charge in [-0.05, 0) is 73.9 Å². The van der Waals surface area contributed by atoms with E-state index in [0.717, 1.165) is 42.5 Å². The van der Waals surface area contributed by atoms with E-state index in [2.05, 4.69) is 73.9 Å². The molecule has 10 rings (SSSR count). The summed E-state index contributed by atoms with van der Waals surface area (Å²) in [6, 6.07) is 10.2. The van der Waals surface area contributed by atoms with Crippen LogP contribution in [0.2, 0.25) is 5.02 Å². The van der Waals surface area contributed by atoms with Crippen molar-refractivity contribution in [1.82, 2.24) is 50.0 Å². The lowest BCUT2D eigenvalue weighted by Gasteiger charge is -2.63. The molecule has 0 spiro atoms. The second kappa shape index (κ2) is 22.5. The average molecular weight is 1090 g/mol. The molecule has 414 valence electrons. The van der Waals surface area contributed by atoms with Crippen LogP contribution < -0.4 is 25.2 Å². The molecule has 19 nitrogen and oxygen atoms in total. The van der Waals surface area contributed by atoms with Crippen molar-refractivity contribution in [3.05, 3.63) is 93.7 Å². The number of aryl methyl sites for hydroxylation is 2. The lowest BCUT2D eigenvalue weighted by molar-refractivity contribution is -0.164. The maximum atomic E-state index is 14.8. The fourth-order valence-electron chi connectivity index (χ4n) is 12.7. The number of benzene rings is 2. The number of urea groups is 1. The van der Waals surface area contributed by atoms with Gasteiger partial charge in [-0.3, -0.25) is 19.0 Å². The van der Waals surface area contributed by atoms with E-state index in [1.807, 2.05) is 11.0 Å². The number of alkyl halides is 2. The predicted octanol–water partition coefficient (Wildman–Crippen LogP) is 7.80. The molecule has 0 atom stereocenters. The van der Waals surface area contributed by atoms with Crippen LogP contribution in [0.5, 0.6) is 5.75 Å². The van der Waals surface area contributed by atoms with Gasteiger partial charge >= 0.3 is 6.03 Å². The number of anilines is 3. The average Bonchev–Trinajstić information content (AvgIpc) is 3.43. The quantitative estimate of drug-likeness (QED) is 0.0964. The van der Waals surface area contributed by atoms with Crippen LogP contribution in [-0.4, -0.2) is 142 Å². The van der Waals surface area contributed by atoms with Crippen LogP contribution in [0.3, 0.4) is 0 Å². The number of hydrogen-bond acceptors (Lipinski definition) is 13. The van der Waals surface area contributed by atoms with Crippen LogP contribution in [-0.2, 0) is 40.7 Å². The molecule has 5 aliphatic rings. The summed E-state index contributed by atoms with van der Waals surface area (Å²) in [7, 11) is 3.38. The fraction of sp³-hybridized carbons (Fsp3) is 0.536. The molecule has 2 aromatic carbocycles. The summed E-state index contributed by atoms with van der Waals surface area (Å²) in [5, 5.41) is 25.0. The minimum absolute atomic E-state index is 0.00749. The molecular weight excluding hydrogens is 1020 g/mol. The standard InChI is InChI=1S/C56H68ClF2N13O6/c1-55(2)51(56(3,4)52(55)78-40-10-9-35(27-60)44(57)25-40)65-50(74)36-28-62-53(63-29-36)69-19-13-39(14-20-69)77-23-22-76-33-47(73)68-17-11-38(12-18-68)72-45-15-21-70(54(75)61-5)32-43(45)49(66-72)71-16-7-8-34-24-41(37-30-64-67(6)31-37)42(48(58)59)26-46(34)71/h9-10,24-26,28-31,38-39,48,51-52H,7-8,11-23,32-33H2,1-6H3,(H,61,75)(H,65,74). The molecule has 4 amide bonds. The summed E-state index contributed by atoms with van der Waals surface area (Å²) < 4.78 is 51.6. The number of nitrogens with one attached hydrogen (secondary N) is 2. The third kappa shape index (κ3) is 10.8. The molecule has 1 aliphatic carbocycles. The number of carbonyl (C=O) groups excluding carboxylic acids is 3. The molecule has 7 heterocycles. The Kier molecular flexibility index (Phi) is 15.7. The zero-order valence-electron chi connectivity index (χ0n) is 45.1. The first-order chi connectivity index (χ1) is 37.4. The molecule has 3 aromatic heterocycles. The van der Waals surface area contributed by atoms with Crippen molar-refractivity contribution >= 4 is 46.9 Å². The van der Waals surface area contributed by atoms with Crippen molar-refractivity contribution in [3.8, 4) is 22.9 Å². The highest BCUT2D eigenvalue weighted by atomic mass is 35.5. The summed E-state index contributed by atoms with van der Waals surface area (Å²) in [5.41, 5.74) is 4.60. The van der Waals surface area contributed by atoms with Crippen molar-refractivity contribution in [2.45, 2.75) is 110 Å². The van der Waals surface area contributed by atoms with Gasteiger partial charge in [0, 0.05) is 129 Å². The molecule has 2 saturated heterocycles. The van der Waals surface area contributed by atoms with Gasteiger partial charge in [0.2, 0.25) is 11.9 Å². The second-order valence-corrected chi connectivity index (χ2v) is 22.6. The monoisotopic (exact) mass is 1090 g/mol. The smallest absolute Gasteiger partial charge is 0.317 e. The number of fused-ring (bicyclic) bond motifs is 2. The molecule has 0 bridgehead atoms. The van der Waals surface area contributed by atoms with Gasteiger partial charge in [0.1, 0.15) is 24.5 Å². The number of piperidine rings is 2. The lowest BCUT2D eigenvalue weighted by Crippen LogP contribution is -2.74. The topological polar surface area (TPSA) is 201 Å². The van der Waals surface area contributed by atoms with E-state index in [1.54, 1.807) is 72.7 Å². The highest BCUT2D eigenvalue weighted by molar-refractivity contribution is 6.31. The maximum absolute atomic E-state index is 14.8. The molecule has 2 N–H and O–H groups in total. The summed E-state index contributed by atoms with van der Waals surface area (Å²) in [6.45, 7) is 12.7. The van der Waals surface area contributed by atoms with Crippen molar-refractivity contribution in [2.24, 2.45) is 17.9 Å². The number of carbonyl (C=O) groups is 3. The SMILES string of the molecule is CNC(=O)N1CCc2c(c(N3CCCc4cc(-c5cnn(C)c5)c(C(F)F)cc43)nn2C2CCN(C(=O)COCCOC3CCN(c4ncc(C(=O)NC5C(C)(C)C(Oc6ccc(C#N)c(Cl)c6)C5(C)C)cn4)CC3)CC2)C1. The fourth-order valence-corrected chi connectivity index (χ4v) is 12.9. The molecule has 22 heteroatoms. The molecule has 78 heavy (non-hydrogen) atoms. The van der Waals surface area contributed by atoms with Gasteiger partial charge in [-0.2, -0.15) is 15.5 Å². The number of hydrogen-bond donors (Lipinski definition) is 2. The predicted molar refractivity (Wildman–Crippen MR) is 288 cm³/mol. The molecule has 5 aromatic rings. The summed E-state index contributed by atoms with van der Waals surface area (Å²) >= 11 is 6.26. The van der Waals surface area contributed by atoms with E-state index < -0.39 is 17.3 Å². The van der Waals surface area contributed by atoms with E-state index in [9.17, 15) is 28.4 Å². The van der Waals surface area contributed by atoms with Crippen molar-refractivity contribution in [3.63, 3.8) is 0 Å². The van der Waals surface area contributed by atoms with Crippen molar-refractivity contribution in [1.29, 1.82) is 5.26 Å². The van der Waals surface area contributed by atoms with E-state index in [0.29, 0.717) is 122 Å². The molecule has 1 saturated carbocycles. The second-order valence-electron chi connectivity index (χ2n) is 22.2. The zero-order valence-corrected chi connectivity index (χ0v) is 45.9. The molecule has 0 unspecified atom stereocenters. The molecule has 4 aliphatic heterocycles. The minimum atomic E-state index is -2.70. The summed E-state index contributed by atoms with van der Waals surface area (Å²) in [4.78, 5) is 56.7. The number of rotatable bonds is 15. The lowest BCUT2D eigenvalue weighted by atomic mass is 9.49. The Morgan fingerprint density at radius 1 is 0.923 bits per heavy atom. The normalized spacial score (nSPS) is 20.2. The van der Waals surface area contributed by atoms with E-state index >= 15 is 0 Å². The maximum Gasteiger partial charge on any atom is 0.317 e. The van der Waals surface area contributed by atoms with Gasteiger partial charge in [-0.25, -0.2) is 23.5 Å². The Labute approximate surface area is 458 Å². The Morgan fingerprint density at radius 2 is 1.67 bits per heavy atom. The first-order valence-electron chi connectivity index (χ1n) is 26.9. The zero-order chi connectivity index (χ0) is 55.0. The van der Waals surface area contributed by atoms with Gasteiger partial charge in [0.05, 0.1) is 54.3 Å². The van der Waals surface area contributed by atoms with Crippen LogP contribution >= 0.6 is 11.6 Å². The summed E-state index contributed by atoms with van der Waals surface area (Å²) in [6.07, 6.45) is 8.59. The number of ether oxygens (including phenoxy) is 3. The Balaban J connectivity index is 0.674. The van der Waals surface area contributed by atoms with Crippen LogP contribution in [0.15, 0.2) is 55.1 Å². The number of aromatic nitrogens is 6. The largest absolute Gasteiger partial charge is 0.489 e. The van der Waals surface area contributed by atoms with E-state index in [4.69, 9.17) is 30.9 Å². The molecule has 0 radical (unpaired) electrons. The number of halogens is 3. The van der Waals surface area contributed by atoms with Gasteiger partial charge < -0.3 is 44.4 Å². The highest BCUT2D eigenvalue weighted by Gasteiger charge is 2.64. The van der Waals surface area contributed by atoms with Gasteiger partial charge in [0.25, 0.3) is 12.3 Å². The minimum Gasteiger partial charge on any atom is -0.489 e. The van der Waals surface area contributed by atoms with Crippen LogP contribution in [0.4, 0.5) is 31.0 Å². The van der Waals surface area contributed by atoms with E-state index in [-0.39, 0.29) is 60.9 Å². The van der Waals surface area contributed by atoms with Crippen molar-refractivity contribution < 1.29 is 37.4 Å². The van der Waals surface area contributed by atoms with Gasteiger partial charge in [-0.15, -0.1) is 0 Å². The van der Waals surface area contributed by atoms with Gasteiger partial charge in [0.15, 0.2) is 5.82 Å². The highest BCUT2D eigenvalue weighted by Crippen LogP contribution is 2.56. The van der Waals surface area contributed by atoms with Crippen molar-refractivity contribution in [2.75, 3.05) is 75.9 Å². The number of nitrogens with zero attached hydrogens (tertiary/aromatic N) is 11. The molecular formula is C56H68ClF2N13O6. The Hall–Kier alpha value is -6.89. The van der Waals surface area contributed by atoms with E-state index in [1.165, 1.54) is 0 Å². The Morgan fingerprint density at radius 3 is 2.33 bits per heavy atom. The van der Waals surface area contributed by atoms with Crippen LogP contribution in [0.1, 0.15) is 111 Å².